The second-order valence-corrected chi connectivity index (χ2v) is 4.72. The van der Waals surface area contributed by atoms with E-state index in [4.69, 9.17) is 0 Å². The zero-order chi connectivity index (χ0) is 11.4. The van der Waals surface area contributed by atoms with E-state index in [-0.39, 0.29) is 5.56 Å². The molecule has 0 bridgehead atoms. The fourth-order valence-electron chi connectivity index (χ4n) is 0.879. The quantitative estimate of drug-likeness (QED) is 0.748. The number of hydrogen-bond donors (Lipinski definition) is 1. The van der Waals surface area contributed by atoms with Gasteiger partial charge in [0.15, 0.2) is 10.3 Å². The van der Waals surface area contributed by atoms with Gasteiger partial charge in [-0.1, -0.05) is 20.8 Å². The maximum absolute atomic E-state index is 11.1. The Morgan fingerprint density at radius 2 is 2.00 bits per heavy atom. The highest BCUT2D eigenvalue weighted by Crippen LogP contribution is 2.09. The van der Waals surface area contributed by atoms with Gasteiger partial charge in [-0.2, -0.15) is 0 Å². The molecular weight excluding hydrogens is 210 g/mol. The van der Waals surface area contributed by atoms with Crippen LogP contribution in [0.5, 0.6) is 0 Å². The van der Waals surface area contributed by atoms with Crippen molar-refractivity contribution in [3.63, 3.8) is 0 Å². The van der Waals surface area contributed by atoms with Crippen LogP contribution >= 0.6 is 11.3 Å². The van der Waals surface area contributed by atoms with Gasteiger partial charge in [0, 0.05) is 0 Å². The topological polar surface area (TPSA) is 58.6 Å². The number of hydrogen-bond acceptors (Lipinski definition) is 4. The molecular formula is C10H15N3OS. The van der Waals surface area contributed by atoms with Crippen LogP contribution in [0.3, 0.4) is 0 Å². The van der Waals surface area contributed by atoms with Gasteiger partial charge in [-0.25, -0.2) is 9.97 Å². The van der Waals surface area contributed by atoms with Crippen molar-refractivity contribution in [2.45, 2.75) is 27.7 Å². The zero-order valence-corrected chi connectivity index (χ0v) is 10.2. The molecule has 5 heteroatoms. The summed E-state index contributed by atoms with van der Waals surface area (Å²) in [6.07, 6.45) is 0. The number of nitrogens with one attached hydrogen (secondary N) is 1. The molecule has 2 aromatic rings. The van der Waals surface area contributed by atoms with Crippen LogP contribution in [0.2, 0.25) is 0 Å². The molecule has 0 spiro atoms. The molecule has 0 aliphatic heterocycles. The number of rotatable bonds is 0. The first-order valence-electron chi connectivity index (χ1n) is 4.81. The van der Waals surface area contributed by atoms with Gasteiger partial charge >= 0.3 is 0 Å². The van der Waals surface area contributed by atoms with Crippen molar-refractivity contribution in [2.75, 3.05) is 0 Å². The zero-order valence-electron chi connectivity index (χ0n) is 9.37. The molecule has 2 rings (SSSR count). The lowest BCUT2D eigenvalue weighted by Gasteiger charge is -1.88. The largest absolute Gasteiger partial charge is 0.309 e. The number of aryl methyl sites for hydroxylation is 1. The minimum absolute atomic E-state index is 0.159. The molecule has 2 heterocycles. The van der Waals surface area contributed by atoms with Gasteiger partial charge in [0.1, 0.15) is 5.82 Å². The van der Waals surface area contributed by atoms with Crippen molar-refractivity contribution in [3.05, 3.63) is 21.7 Å². The highest BCUT2D eigenvalue weighted by molar-refractivity contribution is 7.16. The maximum atomic E-state index is 11.1. The molecule has 0 amide bonds. The molecule has 4 nitrogen and oxygen atoms in total. The Hall–Kier alpha value is -1.23. The molecule has 15 heavy (non-hydrogen) atoms. The molecule has 0 aliphatic rings. The average molecular weight is 225 g/mol. The lowest BCUT2D eigenvalue weighted by molar-refractivity contribution is 0.737. The Kier molecular flexibility index (Phi) is 3.96. The van der Waals surface area contributed by atoms with Gasteiger partial charge in [-0.3, -0.25) is 4.79 Å². The normalized spacial score (nSPS) is 10.2. The minimum atomic E-state index is -0.159. The first-order valence-corrected chi connectivity index (χ1v) is 5.68. The van der Waals surface area contributed by atoms with Crippen LogP contribution < -0.4 is 5.56 Å². The summed E-state index contributed by atoms with van der Waals surface area (Å²) in [5.41, 5.74) is 1.89. The van der Waals surface area contributed by atoms with E-state index in [1.54, 1.807) is 12.4 Å². The first kappa shape index (κ1) is 11.8. The Morgan fingerprint density at radius 3 is 2.60 bits per heavy atom. The summed E-state index contributed by atoms with van der Waals surface area (Å²) in [6, 6.07) is 0. The molecule has 0 saturated carbocycles. The highest BCUT2D eigenvalue weighted by Gasteiger charge is 2.02. The van der Waals surface area contributed by atoms with Crippen LogP contribution in [0.15, 0.2) is 10.3 Å². The summed E-state index contributed by atoms with van der Waals surface area (Å²) in [5, 5.41) is 0. The predicted octanol–water partition coefficient (Wildman–Crippen LogP) is 2.35. The lowest BCUT2D eigenvalue weighted by Crippen LogP contribution is -2.08. The smallest absolute Gasteiger partial charge is 0.278 e. The molecule has 82 valence electrons. The minimum Gasteiger partial charge on any atom is -0.309 e. The van der Waals surface area contributed by atoms with E-state index < -0.39 is 0 Å². The van der Waals surface area contributed by atoms with Crippen LogP contribution in [0.4, 0.5) is 0 Å². The van der Waals surface area contributed by atoms with E-state index in [0.29, 0.717) is 16.2 Å². The summed E-state index contributed by atoms with van der Waals surface area (Å²) in [7, 11) is 0. The summed E-state index contributed by atoms with van der Waals surface area (Å²) in [6.45, 7) is 8.25. The third-order valence-corrected chi connectivity index (χ3v) is 2.05. The Labute approximate surface area is 92.4 Å². The number of aromatic amines is 1. The summed E-state index contributed by atoms with van der Waals surface area (Å²) >= 11 is 1.37. The van der Waals surface area contributed by atoms with Crippen LogP contribution in [-0.4, -0.2) is 15.0 Å². The number of fused-ring (bicyclic) bond motifs is 1. The van der Waals surface area contributed by atoms with E-state index in [1.807, 2.05) is 0 Å². The molecule has 0 radical (unpaired) electrons. The maximum Gasteiger partial charge on any atom is 0.278 e. The van der Waals surface area contributed by atoms with E-state index in [0.717, 1.165) is 5.92 Å². The van der Waals surface area contributed by atoms with Gasteiger partial charge in [-0.05, 0) is 12.8 Å². The third-order valence-electron chi connectivity index (χ3n) is 1.33. The Morgan fingerprint density at radius 1 is 1.40 bits per heavy atom. The fourth-order valence-corrected chi connectivity index (χ4v) is 1.58. The van der Waals surface area contributed by atoms with Crippen LogP contribution in [0.1, 0.15) is 26.6 Å². The molecule has 0 saturated heterocycles. The summed E-state index contributed by atoms with van der Waals surface area (Å²) in [5.74, 6) is 1.46. The first-order chi connectivity index (χ1) is 7.00. The van der Waals surface area contributed by atoms with Crippen LogP contribution in [0, 0.1) is 12.8 Å². The van der Waals surface area contributed by atoms with Gasteiger partial charge < -0.3 is 4.98 Å². The van der Waals surface area contributed by atoms with Crippen molar-refractivity contribution < 1.29 is 0 Å². The summed E-state index contributed by atoms with van der Waals surface area (Å²) in [4.78, 5) is 22.4. The molecule has 1 N–H and O–H groups in total. The van der Waals surface area contributed by atoms with Crippen LogP contribution in [-0.2, 0) is 0 Å². The van der Waals surface area contributed by atoms with Crippen molar-refractivity contribution in [3.8, 4) is 0 Å². The van der Waals surface area contributed by atoms with Gasteiger partial charge in [0.05, 0.1) is 5.51 Å². The Bertz CT molecular complexity index is 484. The number of aromatic nitrogens is 3. The van der Waals surface area contributed by atoms with E-state index in [2.05, 4.69) is 35.7 Å². The monoisotopic (exact) mass is 225 g/mol. The average Bonchev–Trinajstić information content (AvgIpc) is 2.50. The third kappa shape index (κ3) is 3.43. The molecule has 0 fully saturated rings. The van der Waals surface area contributed by atoms with Gasteiger partial charge in [0.25, 0.3) is 5.56 Å². The molecule has 0 aliphatic carbocycles. The molecule has 0 aromatic carbocycles. The van der Waals surface area contributed by atoms with Crippen molar-refractivity contribution in [1.29, 1.82) is 0 Å². The van der Waals surface area contributed by atoms with Crippen LogP contribution in [0.25, 0.3) is 10.3 Å². The van der Waals surface area contributed by atoms with E-state index in [9.17, 15) is 4.79 Å². The van der Waals surface area contributed by atoms with E-state index >= 15 is 0 Å². The number of H-pyrrole nitrogens is 1. The van der Waals surface area contributed by atoms with Crippen molar-refractivity contribution in [1.82, 2.24) is 15.0 Å². The summed E-state index contributed by atoms with van der Waals surface area (Å²) < 4.78 is 0. The lowest BCUT2D eigenvalue weighted by atomic mass is 10.3. The van der Waals surface area contributed by atoms with Crippen molar-refractivity contribution >= 4 is 21.7 Å². The molecule has 0 unspecified atom stereocenters. The standard InChI is InChI=1S/C6H5N3OS.C4H10/c1-3-8-5(10)4-6(9-3)11-2-7-4;1-4(2)3/h2H,1H3,(H,8,9,10);4H,1-3H3. The fraction of sp³-hybridized carbons (Fsp3) is 0.500. The SMILES string of the molecule is CC(C)C.Cc1nc2scnc2c(=O)[nH]1. The second kappa shape index (κ2) is 5.02. The van der Waals surface area contributed by atoms with Gasteiger partial charge in [0.2, 0.25) is 0 Å². The Balaban J connectivity index is 0.000000245. The predicted molar refractivity (Wildman–Crippen MR) is 63.3 cm³/mol. The number of nitrogens with zero attached hydrogens (tertiary/aromatic N) is 2. The van der Waals surface area contributed by atoms with Gasteiger partial charge in [-0.15, -0.1) is 11.3 Å². The van der Waals surface area contributed by atoms with E-state index in [1.165, 1.54) is 11.3 Å². The molecule has 2 aromatic heterocycles. The highest BCUT2D eigenvalue weighted by atomic mass is 32.1. The number of thiazole rings is 1. The molecule has 0 atom stereocenters. The second-order valence-electron chi connectivity index (χ2n) is 3.89. The van der Waals surface area contributed by atoms with Crippen molar-refractivity contribution in [2.24, 2.45) is 5.92 Å².